The van der Waals surface area contributed by atoms with Crippen LogP contribution in [0.25, 0.3) is 0 Å². The predicted octanol–water partition coefficient (Wildman–Crippen LogP) is 4.60. The van der Waals surface area contributed by atoms with Crippen molar-refractivity contribution in [2.24, 2.45) is 0 Å². The summed E-state index contributed by atoms with van der Waals surface area (Å²) in [5, 5.41) is 3.29. The number of carbonyl (C=O) groups is 1. The highest BCUT2D eigenvalue weighted by Gasteiger charge is 2.13. The first kappa shape index (κ1) is 18.6. The molecule has 0 heterocycles. The van der Waals surface area contributed by atoms with E-state index in [0.29, 0.717) is 16.3 Å². The Labute approximate surface area is 150 Å². The number of thioether (sulfide) groups is 1. The minimum atomic E-state index is -0.349. The second-order valence-corrected chi connectivity index (χ2v) is 6.68. The van der Waals surface area contributed by atoms with Crippen molar-refractivity contribution in [3.05, 3.63) is 64.4 Å². The summed E-state index contributed by atoms with van der Waals surface area (Å²) < 4.78 is 19.0. The molecule has 2 aromatic rings. The second-order valence-electron chi connectivity index (χ2n) is 5.26. The molecule has 3 nitrogen and oxygen atoms in total. The molecule has 0 bridgehead atoms. The van der Waals surface area contributed by atoms with Crippen LogP contribution in [0.15, 0.2) is 42.5 Å². The van der Waals surface area contributed by atoms with E-state index in [1.165, 1.54) is 17.8 Å². The topological polar surface area (TPSA) is 38.3 Å². The third-order valence-electron chi connectivity index (χ3n) is 3.49. The van der Waals surface area contributed by atoms with Crippen molar-refractivity contribution in [1.82, 2.24) is 5.32 Å². The van der Waals surface area contributed by atoms with Crippen molar-refractivity contribution in [2.75, 3.05) is 12.9 Å². The summed E-state index contributed by atoms with van der Waals surface area (Å²) in [6, 6.07) is 12.0. The normalized spacial score (nSPS) is 11.8. The molecular weight excluding hydrogens is 349 g/mol. The van der Waals surface area contributed by atoms with Gasteiger partial charge in [0.05, 0.1) is 18.9 Å². The maximum atomic E-state index is 13.7. The Kier molecular flexibility index (Phi) is 6.94. The fraction of sp³-hybridized carbons (Fsp3) is 0.278. The molecule has 2 rings (SSSR count). The number of ether oxygens (including phenoxy) is 1. The average Bonchev–Trinajstić information content (AvgIpc) is 2.56. The molecule has 0 saturated heterocycles. The molecule has 1 N–H and O–H groups in total. The van der Waals surface area contributed by atoms with Crippen LogP contribution in [0.1, 0.15) is 24.1 Å². The highest BCUT2D eigenvalue weighted by Crippen LogP contribution is 2.24. The summed E-state index contributed by atoms with van der Waals surface area (Å²) >= 11 is 7.08. The molecule has 128 valence electrons. The van der Waals surface area contributed by atoms with Crippen LogP contribution >= 0.6 is 23.4 Å². The van der Waals surface area contributed by atoms with Crippen LogP contribution in [-0.4, -0.2) is 18.8 Å². The molecule has 1 amide bonds. The minimum absolute atomic E-state index is 0.104. The monoisotopic (exact) mass is 367 g/mol. The zero-order valence-corrected chi connectivity index (χ0v) is 15.1. The number of amides is 1. The van der Waals surface area contributed by atoms with Crippen molar-refractivity contribution in [2.45, 2.75) is 18.7 Å². The van der Waals surface area contributed by atoms with Gasteiger partial charge in [-0.2, -0.15) is 0 Å². The van der Waals surface area contributed by atoms with Gasteiger partial charge in [0.2, 0.25) is 5.91 Å². The van der Waals surface area contributed by atoms with Crippen LogP contribution in [0.5, 0.6) is 5.75 Å². The lowest BCUT2D eigenvalue weighted by atomic mass is 10.1. The van der Waals surface area contributed by atoms with Gasteiger partial charge in [0, 0.05) is 16.3 Å². The smallest absolute Gasteiger partial charge is 0.230 e. The number of methoxy groups -OCH3 is 1. The number of hydrogen-bond acceptors (Lipinski definition) is 3. The van der Waals surface area contributed by atoms with Gasteiger partial charge in [-0.1, -0.05) is 35.9 Å². The first-order valence-corrected chi connectivity index (χ1v) is 8.98. The van der Waals surface area contributed by atoms with Crippen molar-refractivity contribution in [3.63, 3.8) is 0 Å². The van der Waals surface area contributed by atoms with Crippen molar-refractivity contribution < 1.29 is 13.9 Å². The van der Waals surface area contributed by atoms with Gasteiger partial charge in [0.15, 0.2) is 0 Å². The molecule has 0 aliphatic rings. The summed E-state index contributed by atoms with van der Waals surface area (Å²) in [7, 11) is 1.60. The van der Waals surface area contributed by atoms with Gasteiger partial charge in [0.1, 0.15) is 11.6 Å². The lowest BCUT2D eigenvalue weighted by Gasteiger charge is -2.17. The number of para-hydroxylation sites is 1. The van der Waals surface area contributed by atoms with Crippen LogP contribution in [0, 0.1) is 5.82 Å². The van der Waals surface area contributed by atoms with Crippen LogP contribution in [-0.2, 0) is 10.5 Å². The highest BCUT2D eigenvalue weighted by molar-refractivity contribution is 7.99. The van der Waals surface area contributed by atoms with Crippen LogP contribution in [0.4, 0.5) is 4.39 Å². The standard InChI is InChI=1S/C18H19ClFNO2S/c1-12(15-5-3-4-6-17(15)23-2)21-18(22)11-24-10-13-7-8-14(19)9-16(13)20/h3-9,12H,10-11H2,1-2H3,(H,21,22). The van der Waals surface area contributed by atoms with Gasteiger partial charge >= 0.3 is 0 Å². The Morgan fingerprint density at radius 2 is 2.08 bits per heavy atom. The Morgan fingerprint density at radius 1 is 1.33 bits per heavy atom. The minimum Gasteiger partial charge on any atom is -0.496 e. The molecule has 1 unspecified atom stereocenters. The van der Waals surface area contributed by atoms with Crippen LogP contribution < -0.4 is 10.1 Å². The summed E-state index contributed by atoms with van der Waals surface area (Å²) in [4.78, 5) is 12.1. The molecule has 6 heteroatoms. The van der Waals surface area contributed by atoms with Crippen LogP contribution in [0.3, 0.4) is 0 Å². The van der Waals surface area contributed by atoms with Crippen molar-refractivity contribution >= 4 is 29.3 Å². The van der Waals surface area contributed by atoms with Gasteiger partial charge in [-0.3, -0.25) is 4.79 Å². The molecule has 0 aliphatic heterocycles. The Balaban J connectivity index is 1.84. The second kappa shape index (κ2) is 8.94. The van der Waals surface area contributed by atoms with E-state index >= 15 is 0 Å². The van der Waals surface area contributed by atoms with E-state index in [2.05, 4.69) is 5.32 Å². The quantitative estimate of drug-likeness (QED) is 0.777. The fourth-order valence-corrected chi connectivity index (χ4v) is 3.26. The maximum Gasteiger partial charge on any atom is 0.230 e. The first-order chi connectivity index (χ1) is 11.5. The van der Waals surface area contributed by atoms with Gasteiger partial charge in [-0.25, -0.2) is 4.39 Å². The molecule has 0 aliphatic carbocycles. The number of rotatable bonds is 7. The highest BCUT2D eigenvalue weighted by atomic mass is 35.5. The van der Waals surface area contributed by atoms with Crippen LogP contribution in [0.2, 0.25) is 5.02 Å². The number of nitrogens with one attached hydrogen (secondary N) is 1. The van der Waals surface area contributed by atoms with Crippen molar-refractivity contribution in [1.29, 1.82) is 0 Å². The summed E-state index contributed by atoms with van der Waals surface area (Å²) in [5.41, 5.74) is 1.46. The Bertz CT molecular complexity index is 711. The van der Waals surface area contributed by atoms with Gasteiger partial charge in [0.25, 0.3) is 0 Å². The summed E-state index contributed by atoms with van der Waals surface area (Å²) in [5.74, 6) is 0.952. The van der Waals surface area contributed by atoms with E-state index in [0.717, 1.165) is 11.3 Å². The van der Waals surface area contributed by atoms with Crippen molar-refractivity contribution in [3.8, 4) is 5.75 Å². The lowest BCUT2D eigenvalue weighted by Crippen LogP contribution is -2.28. The van der Waals surface area contributed by atoms with E-state index in [1.807, 2.05) is 31.2 Å². The Morgan fingerprint density at radius 3 is 2.79 bits per heavy atom. The number of hydrogen-bond donors (Lipinski definition) is 1. The first-order valence-electron chi connectivity index (χ1n) is 7.45. The summed E-state index contributed by atoms with van der Waals surface area (Å²) in [6.45, 7) is 1.90. The fourth-order valence-electron chi connectivity index (χ4n) is 2.28. The van der Waals surface area contributed by atoms with E-state index in [1.54, 1.807) is 19.2 Å². The number of halogens is 2. The van der Waals surface area contributed by atoms with Gasteiger partial charge in [-0.15, -0.1) is 11.8 Å². The lowest BCUT2D eigenvalue weighted by molar-refractivity contribution is -0.119. The molecule has 1 atom stereocenters. The van der Waals surface area contributed by atoms with E-state index in [9.17, 15) is 9.18 Å². The van der Waals surface area contributed by atoms with Gasteiger partial charge < -0.3 is 10.1 Å². The van der Waals surface area contributed by atoms with Gasteiger partial charge in [-0.05, 0) is 30.7 Å². The molecule has 0 saturated carbocycles. The predicted molar refractivity (Wildman–Crippen MR) is 97.1 cm³/mol. The van der Waals surface area contributed by atoms with E-state index < -0.39 is 0 Å². The SMILES string of the molecule is COc1ccccc1C(C)NC(=O)CSCc1ccc(Cl)cc1F. The maximum absolute atomic E-state index is 13.7. The zero-order valence-electron chi connectivity index (χ0n) is 13.5. The molecule has 24 heavy (non-hydrogen) atoms. The Hall–Kier alpha value is -1.72. The third-order valence-corrected chi connectivity index (χ3v) is 4.71. The third kappa shape index (κ3) is 5.14. The molecule has 2 aromatic carbocycles. The average molecular weight is 368 g/mol. The molecule has 0 spiro atoms. The molecule has 0 aromatic heterocycles. The largest absolute Gasteiger partial charge is 0.496 e. The number of carbonyl (C=O) groups excluding carboxylic acids is 1. The molecular formula is C18H19ClFNO2S. The van der Waals surface area contributed by atoms with E-state index in [-0.39, 0.29) is 23.5 Å². The van der Waals surface area contributed by atoms with E-state index in [4.69, 9.17) is 16.3 Å². The zero-order chi connectivity index (χ0) is 17.5. The summed E-state index contributed by atoms with van der Waals surface area (Å²) in [6.07, 6.45) is 0. The molecule has 0 radical (unpaired) electrons. The number of benzene rings is 2. The molecule has 0 fully saturated rings.